The molecule has 1 aliphatic rings. The van der Waals surface area contributed by atoms with Crippen LogP contribution in [-0.4, -0.2) is 73.3 Å². The van der Waals surface area contributed by atoms with Crippen molar-refractivity contribution < 1.29 is 8.95 Å². The first kappa shape index (κ1) is 19.9. The van der Waals surface area contributed by atoms with Gasteiger partial charge in [0.25, 0.3) is 0 Å². The molecule has 1 aliphatic heterocycles. The molecule has 2 N–H and O–H groups in total. The third-order valence-corrected chi connectivity index (χ3v) is 5.24. The number of guanidine groups is 1. The summed E-state index contributed by atoms with van der Waals surface area (Å²) in [7, 11) is -0.868. The Bertz CT molecular complexity index is 533. The van der Waals surface area contributed by atoms with Crippen LogP contribution >= 0.6 is 0 Å². The summed E-state index contributed by atoms with van der Waals surface area (Å²) < 4.78 is 17.5. The van der Waals surface area contributed by atoms with Crippen LogP contribution in [0.2, 0.25) is 0 Å². The van der Waals surface area contributed by atoms with Crippen molar-refractivity contribution in [1.82, 2.24) is 15.5 Å². The summed E-state index contributed by atoms with van der Waals surface area (Å²) >= 11 is 0. The molecular formula is C18H30N4O2S. The van der Waals surface area contributed by atoms with Gasteiger partial charge >= 0.3 is 0 Å². The van der Waals surface area contributed by atoms with Crippen LogP contribution in [0.3, 0.4) is 0 Å². The average Bonchev–Trinajstić information content (AvgIpc) is 2.63. The molecule has 1 saturated heterocycles. The van der Waals surface area contributed by atoms with Gasteiger partial charge in [-0.3, -0.25) is 14.1 Å². The van der Waals surface area contributed by atoms with Gasteiger partial charge in [0.1, 0.15) is 0 Å². The van der Waals surface area contributed by atoms with Gasteiger partial charge in [-0.15, -0.1) is 0 Å². The van der Waals surface area contributed by atoms with Crippen LogP contribution < -0.4 is 10.6 Å². The Balaban J connectivity index is 1.67. The van der Waals surface area contributed by atoms with Gasteiger partial charge in [0.15, 0.2) is 5.96 Å². The third kappa shape index (κ3) is 8.47. The molecule has 0 aliphatic carbocycles. The zero-order chi connectivity index (χ0) is 17.7. The predicted octanol–water partition coefficient (Wildman–Crippen LogP) is 0.823. The smallest absolute Gasteiger partial charge is 0.191 e. The van der Waals surface area contributed by atoms with Crippen LogP contribution in [0, 0.1) is 0 Å². The van der Waals surface area contributed by atoms with Gasteiger partial charge in [0, 0.05) is 55.0 Å². The Labute approximate surface area is 153 Å². The normalized spacial score (nSPS) is 17.2. The Morgan fingerprint density at radius 3 is 2.72 bits per heavy atom. The van der Waals surface area contributed by atoms with Crippen LogP contribution in [0.25, 0.3) is 0 Å². The molecule has 0 saturated carbocycles. The maximum atomic E-state index is 12.2. The van der Waals surface area contributed by atoms with Crippen molar-refractivity contribution in [1.29, 1.82) is 0 Å². The number of hydrogen-bond donors (Lipinski definition) is 2. The molecule has 25 heavy (non-hydrogen) atoms. The zero-order valence-electron chi connectivity index (χ0n) is 15.1. The summed E-state index contributed by atoms with van der Waals surface area (Å²) in [5.41, 5.74) is 1.12. The molecular weight excluding hydrogens is 336 g/mol. The molecule has 1 aromatic rings. The van der Waals surface area contributed by atoms with E-state index in [1.165, 1.54) is 0 Å². The minimum absolute atomic E-state index is 0.604. The molecule has 1 aromatic carbocycles. The first-order chi connectivity index (χ1) is 12.3. The van der Waals surface area contributed by atoms with Crippen molar-refractivity contribution >= 4 is 16.8 Å². The third-order valence-electron chi connectivity index (χ3n) is 3.93. The van der Waals surface area contributed by atoms with Crippen molar-refractivity contribution in [3.8, 4) is 0 Å². The zero-order valence-corrected chi connectivity index (χ0v) is 15.9. The fourth-order valence-corrected chi connectivity index (χ4v) is 3.62. The Morgan fingerprint density at radius 2 is 2.00 bits per heavy atom. The second kappa shape index (κ2) is 12.0. The topological polar surface area (TPSA) is 66.0 Å². The summed E-state index contributed by atoms with van der Waals surface area (Å²) in [5.74, 6) is 2.02. The van der Waals surface area contributed by atoms with Gasteiger partial charge in [0.2, 0.25) is 0 Å². The summed E-state index contributed by atoms with van der Waals surface area (Å²) in [6.07, 6.45) is 0. The SMILES string of the molecule is CCNC(=NCCN1CCOCC1)NCCS(=O)Cc1ccccc1. The fraction of sp³-hybridized carbons (Fsp3) is 0.611. The highest BCUT2D eigenvalue weighted by atomic mass is 32.2. The van der Waals surface area contributed by atoms with E-state index in [2.05, 4.69) is 20.5 Å². The van der Waals surface area contributed by atoms with Gasteiger partial charge < -0.3 is 15.4 Å². The van der Waals surface area contributed by atoms with E-state index in [9.17, 15) is 4.21 Å². The van der Waals surface area contributed by atoms with E-state index in [1.54, 1.807) is 0 Å². The van der Waals surface area contributed by atoms with Gasteiger partial charge in [-0.1, -0.05) is 30.3 Å². The molecule has 1 unspecified atom stereocenters. The van der Waals surface area contributed by atoms with Crippen LogP contribution in [-0.2, 0) is 21.3 Å². The minimum Gasteiger partial charge on any atom is -0.379 e. The van der Waals surface area contributed by atoms with E-state index in [0.29, 0.717) is 18.1 Å². The minimum atomic E-state index is -0.868. The molecule has 0 spiro atoms. The second-order valence-electron chi connectivity index (χ2n) is 5.92. The van der Waals surface area contributed by atoms with Crippen molar-refractivity contribution in [2.45, 2.75) is 12.7 Å². The lowest BCUT2D eigenvalue weighted by molar-refractivity contribution is 0.0394. The highest BCUT2D eigenvalue weighted by Crippen LogP contribution is 2.02. The Morgan fingerprint density at radius 1 is 1.24 bits per heavy atom. The van der Waals surface area contributed by atoms with Gasteiger partial charge in [-0.05, 0) is 12.5 Å². The predicted molar refractivity (Wildman–Crippen MR) is 104 cm³/mol. The largest absolute Gasteiger partial charge is 0.379 e. The number of nitrogens with one attached hydrogen (secondary N) is 2. The molecule has 1 fully saturated rings. The lowest BCUT2D eigenvalue weighted by Crippen LogP contribution is -2.41. The number of rotatable bonds is 9. The van der Waals surface area contributed by atoms with E-state index in [4.69, 9.17) is 4.74 Å². The van der Waals surface area contributed by atoms with E-state index in [1.807, 2.05) is 37.3 Å². The number of hydrogen-bond acceptors (Lipinski definition) is 4. The number of benzene rings is 1. The quantitative estimate of drug-likeness (QED) is 0.500. The van der Waals surface area contributed by atoms with Crippen LogP contribution in [0.5, 0.6) is 0 Å². The van der Waals surface area contributed by atoms with E-state index in [0.717, 1.165) is 57.5 Å². The van der Waals surface area contributed by atoms with Crippen molar-refractivity contribution in [3.05, 3.63) is 35.9 Å². The molecule has 0 bridgehead atoms. The molecule has 7 heteroatoms. The summed E-state index contributed by atoms with van der Waals surface area (Å²) in [4.78, 5) is 6.97. The first-order valence-electron chi connectivity index (χ1n) is 8.99. The van der Waals surface area contributed by atoms with Gasteiger partial charge in [-0.25, -0.2) is 0 Å². The molecule has 1 atom stereocenters. The number of aliphatic imine (C=N–C) groups is 1. The van der Waals surface area contributed by atoms with Crippen LogP contribution in [0.4, 0.5) is 0 Å². The molecule has 0 radical (unpaired) electrons. The highest BCUT2D eigenvalue weighted by molar-refractivity contribution is 7.84. The Kier molecular flexibility index (Phi) is 9.54. The molecule has 140 valence electrons. The number of ether oxygens (including phenoxy) is 1. The van der Waals surface area contributed by atoms with E-state index < -0.39 is 10.8 Å². The van der Waals surface area contributed by atoms with Crippen LogP contribution in [0.15, 0.2) is 35.3 Å². The van der Waals surface area contributed by atoms with E-state index in [-0.39, 0.29) is 0 Å². The number of morpholine rings is 1. The molecule has 1 heterocycles. The lowest BCUT2D eigenvalue weighted by Gasteiger charge is -2.25. The molecule has 0 amide bonds. The maximum absolute atomic E-state index is 12.2. The van der Waals surface area contributed by atoms with Gasteiger partial charge in [0.05, 0.1) is 19.8 Å². The molecule has 6 nitrogen and oxygen atoms in total. The van der Waals surface area contributed by atoms with Crippen molar-refractivity contribution in [2.24, 2.45) is 4.99 Å². The summed E-state index contributed by atoms with van der Waals surface area (Å²) in [6.45, 7) is 8.81. The van der Waals surface area contributed by atoms with Crippen molar-refractivity contribution in [2.75, 3.05) is 58.2 Å². The Hall–Kier alpha value is -1.44. The van der Waals surface area contributed by atoms with E-state index >= 15 is 0 Å². The fourth-order valence-electron chi connectivity index (χ4n) is 2.59. The maximum Gasteiger partial charge on any atom is 0.191 e. The second-order valence-corrected chi connectivity index (χ2v) is 7.49. The van der Waals surface area contributed by atoms with Crippen molar-refractivity contribution in [3.63, 3.8) is 0 Å². The number of nitrogens with zero attached hydrogens (tertiary/aromatic N) is 2. The highest BCUT2D eigenvalue weighted by Gasteiger charge is 2.09. The summed E-state index contributed by atoms with van der Waals surface area (Å²) in [6, 6.07) is 9.97. The molecule has 2 rings (SSSR count). The lowest BCUT2D eigenvalue weighted by atomic mass is 10.2. The standard InChI is InChI=1S/C18H30N4O2S/c1-2-19-18(20-8-10-22-11-13-24-14-12-22)21-9-15-25(23)16-17-6-4-3-5-7-17/h3-7H,2,8-16H2,1H3,(H2,19,20,21). The monoisotopic (exact) mass is 366 g/mol. The van der Waals surface area contributed by atoms with Crippen LogP contribution in [0.1, 0.15) is 12.5 Å². The average molecular weight is 367 g/mol. The van der Waals surface area contributed by atoms with Gasteiger partial charge in [-0.2, -0.15) is 0 Å². The summed E-state index contributed by atoms with van der Waals surface area (Å²) in [5, 5.41) is 6.52. The first-order valence-corrected chi connectivity index (χ1v) is 10.5. The molecule has 0 aromatic heterocycles.